The maximum Gasteiger partial charge on any atom is 0.323 e. The average molecular weight is 229 g/mol. The van der Waals surface area contributed by atoms with Crippen molar-refractivity contribution in [1.29, 1.82) is 0 Å². The van der Waals surface area contributed by atoms with E-state index in [0.717, 1.165) is 19.5 Å². The van der Waals surface area contributed by atoms with Crippen LogP contribution in [0.5, 0.6) is 0 Å². The third-order valence-electron chi connectivity index (χ3n) is 2.75. The van der Waals surface area contributed by atoms with Crippen LogP contribution in [0, 0.1) is 5.92 Å². The van der Waals surface area contributed by atoms with Crippen molar-refractivity contribution in [1.82, 2.24) is 15.1 Å². The zero-order valence-corrected chi connectivity index (χ0v) is 9.77. The predicted octanol–water partition coefficient (Wildman–Crippen LogP) is -0.336. The van der Waals surface area contributed by atoms with Gasteiger partial charge in [-0.2, -0.15) is 0 Å². The van der Waals surface area contributed by atoms with Crippen molar-refractivity contribution in [3.05, 3.63) is 0 Å². The Bertz CT molecular complexity index is 270. The molecular formula is C10H19N3O3. The Morgan fingerprint density at radius 2 is 2.25 bits per heavy atom. The fourth-order valence-corrected chi connectivity index (χ4v) is 1.83. The molecule has 0 spiro atoms. The zero-order valence-electron chi connectivity index (χ0n) is 9.77. The van der Waals surface area contributed by atoms with E-state index in [9.17, 15) is 9.59 Å². The number of carbonyl (C=O) groups is 2. The molecule has 0 radical (unpaired) electrons. The first-order valence-corrected chi connectivity index (χ1v) is 5.38. The topological polar surface area (TPSA) is 72.9 Å². The molecular weight excluding hydrogens is 210 g/mol. The van der Waals surface area contributed by atoms with E-state index >= 15 is 0 Å². The number of nitrogens with one attached hydrogen (secondary N) is 1. The summed E-state index contributed by atoms with van der Waals surface area (Å²) < 4.78 is 0. The van der Waals surface area contributed by atoms with Gasteiger partial charge in [-0.25, -0.2) is 4.79 Å². The molecule has 1 saturated heterocycles. The molecule has 1 unspecified atom stereocenters. The van der Waals surface area contributed by atoms with Gasteiger partial charge in [0.2, 0.25) is 0 Å². The summed E-state index contributed by atoms with van der Waals surface area (Å²) in [5.74, 6) is -0.523. The minimum absolute atomic E-state index is 0.267. The van der Waals surface area contributed by atoms with Crippen LogP contribution >= 0.6 is 0 Å². The Balaban J connectivity index is 2.21. The van der Waals surface area contributed by atoms with Gasteiger partial charge in [0.05, 0.1) is 0 Å². The first kappa shape index (κ1) is 12.8. The van der Waals surface area contributed by atoms with E-state index in [1.807, 2.05) is 0 Å². The van der Waals surface area contributed by atoms with Crippen LogP contribution in [-0.4, -0.2) is 67.2 Å². The van der Waals surface area contributed by atoms with Crippen molar-refractivity contribution in [2.45, 2.75) is 6.42 Å². The molecule has 92 valence electrons. The van der Waals surface area contributed by atoms with Crippen LogP contribution in [0.15, 0.2) is 0 Å². The number of amides is 2. The summed E-state index contributed by atoms with van der Waals surface area (Å²) in [5.41, 5.74) is 0. The zero-order chi connectivity index (χ0) is 12.1. The molecule has 2 N–H and O–H groups in total. The number of hydrogen-bond donors (Lipinski definition) is 2. The number of likely N-dealkylation sites (N-methyl/N-ethyl adjacent to an activating group) is 1. The van der Waals surface area contributed by atoms with Crippen molar-refractivity contribution < 1.29 is 14.7 Å². The number of carboxylic acids is 1. The molecule has 1 heterocycles. The molecule has 0 aromatic heterocycles. The molecule has 0 saturated carbocycles. The fourth-order valence-electron chi connectivity index (χ4n) is 1.83. The lowest BCUT2D eigenvalue weighted by Gasteiger charge is -2.17. The van der Waals surface area contributed by atoms with Crippen LogP contribution in [0.3, 0.4) is 0 Å². The van der Waals surface area contributed by atoms with Crippen LogP contribution in [0.1, 0.15) is 6.42 Å². The maximum atomic E-state index is 11.5. The molecule has 1 rings (SSSR count). The largest absolute Gasteiger partial charge is 0.480 e. The number of hydrogen-bond acceptors (Lipinski definition) is 3. The Kier molecular flexibility index (Phi) is 4.54. The van der Waals surface area contributed by atoms with E-state index in [-0.39, 0.29) is 12.6 Å². The van der Waals surface area contributed by atoms with Gasteiger partial charge >= 0.3 is 12.0 Å². The normalized spacial score (nSPS) is 20.8. The third-order valence-corrected chi connectivity index (χ3v) is 2.75. The number of carbonyl (C=O) groups excluding carboxylic acids is 1. The van der Waals surface area contributed by atoms with Gasteiger partial charge in [-0.1, -0.05) is 0 Å². The number of nitrogens with zero attached hydrogens (tertiary/aromatic N) is 2. The predicted molar refractivity (Wildman–Crippen MR) is 59.3 cm³/mol. The second-order valence-corrected chi connectivity index (χ2v) is 4.35. The van der Waals surface area contributed by atoms with E-state index < -0.39 is 5.97 Å². The first-order valence-electron chi connectivity index (χ1n) is 5.38. The molecule has 0 aromatic carbocycles. The van der Waals surface area contributed by atoms with E-state index in [2.05, 4.69) is 17.3 Å². The van der Waals surface area contributed by atoms with Crippen LogP contribution in [0.2, 0.25) is 0 Å². The molecule has 6 nitrogen and oxygen atoms in total. The standard InChI is InChI=1S/C10H19N3O3/c1-12-4-3-8(6-12)5-11-10(16)13(2)7-9(14)15/h8H,3-7H2,1-2H3,(H,11,16)(H,14,15). The Morgan fingerprint density at radius 3 is 2.75 bits per heavy atom. The lowest BCUT2D eigenvalue weighted by atomic mass is 10.1. The Labute approximate surface area is 95.2 Å². The van der Waals surface area contributed by atoms with Gasteiger partial charge in [0.1, 0.15) is 6.54 Å². The maximum absolute atomic E-state index is 11.5. The van der Waals surface area contributed by atoms with E-state index in [4.69, 9.17) is 5.11 Å². The van der Waals surface area contributed by atoms with Crippen molar-refractivity contribution in [3.63, 3.8) is 0 Å². The number of urea groups is 1. The molecule has 1 atom stereocenters. The highest BCUT2D eigenvalue weighted by Crippen LogP contribution is 2.12. The molecule has 1 aliphatic heterocycles. The summed E-state index contributed by atoms with van der Waals surface area (Å²) in [6.45, 7) is 2.40. The number of rotatable bonds is 4. The smallest absolute Gasteiger partial charge is 0.323 e. The number of carboxylic acid groups (broad SMARTS) is 1. The second kappa shape index (κ2) is 5.69. The van der Waals surface area contributed by atoms with E-state index in [1.165, 1.54) is 11.9 Å². The lowest BCUT2D eigenvalue weighted by molar-refractivity contribution is -0.137. The molecule has 1 aliphatic rings. The van der Waals surface area contributed by atoms with Gasteiger partial charge in [-0.05, 0) is 25.9 Å². The highest BCUT2D eigenvalue weighted by atomic mass is 16.4. The average Bonchev–Trinajstić information content (AvgIpc) is 2.59. The monoisotopic (exact) mass is 229 g/mol. The van der Waals surface area contributed by atoms with Crippen molar-refractivity contribution in [3.8, 4) is 0 Å². The van der Waals surface area contributed by atoms with Gasteiger partial charge in [0, 0.05) is 20.1 Å². The minimum Gasteiger partial charge on any atom is -0.480 e. The number of likely N-dealkylation sites (tertiary alicyclic amines) is 1. The van der Waals surface area contributed by atoms with Gasteiger partial charge < -0.3 is 20.2 Å². The Morgan fingerprint density at radius 1 is 1.56 bits per heavy atom. The van der Waals surface area contributed by atoms with E-state index in [1.54, 1.807) is 0 Å². The summed E-state index contributed by atoms with van der Waals surface area (Å²) >= 11 is 0. The second-order valence-electron chi connectivity index (χ2n) is 4.35. The quantitative estimate of drug-likeness (QED) is 0.692. The van der Waals surface area contributed by atoms with Gasteiger partial charge in [0.25, 0.3) is 0 Å². The summed E-state index contributed by atoms with van der Waals surface area (Å²) in [6.07, 6.45) is 1.08. The molecule has 6 heteroatoms. The van der Waals surface area contributed by atoms with E-state index in [0.29, 0.717) is 12.5 Å². The highest BCUT2D eigenvalue weighted by molar-refractivity contribution is 5.79. The molecule has 2 amide bonds. The summed E-state index contributed by atoms with van der Waals surface area (Å²) in [4.78, 5) is 25.2. The van der Waals surface area contributed by atoms with Crippen LogP contribution in [0.4, 0.5) is 4.79 Å². The minimum atomic E-state index is -1.00. The highest BCUT2D eigenvalue weighted by Gasteiger charge is 2.20. The fraction of sp³-hybridized carbons (Fsp3) is 0.800. The molecule has 1 fully saturated rings. The summed E-state index contributed by atoms with van der Waals surface area (Å²) in [5, 5.41) is 11.3. The van der Waals surface area contributed by atoms with Crippen LogP contribution < -0.4 is 5.32 Å². The Hall–Kier alpha value is -1.30. The molecule has 0 aliphatic carbocycles. The van der Waals surface area contributed by atoms with Crippen LogP contribution in [-0.2, 0) is 4.79 Å². The van der Waals surface area contributed by atoms with Crippen molar-refractivity contribution >= 4 is 12.0 Å². The molecule has 0 bridgehead atoms. The van der Waals surface area contributed by atoms with Crippen LogP contribution in [0.25, 0.3) is 0 Å². The van der Waals surface area contributed by atoms with Gasteiger partial charge in [-0.15, -0.1) is 0 Å². The SMILES string of the molecule is CN1CCC(CNC(=O)N(C)CC(=O)O)C1. The number of aliphatic carboxylic acids is 1. The van der Waals surface area contributed by atoms with Crippen molar-refractivity contribution in [2.75, 3.05) is 40.3 Å². The lowest BCUT2D eigenvalue weighted by Crippen LogP contribution is -2.42. The van der Waals surface area contributed by atoms with Gasteiger partial charge in [-0.3, -0.25) is 4.79 Å². The summed E-state index contributed by atoms with van der Waals surface area (Å²) in [7, 11) is 3.53. The summed E-state index contributed by atoms with van der Waals surface area (Å²) in [6, 6.07) is -0.322. The molecule has 16 heavy (non-hydrogen) atoms. The molecule has 0 aromatic rings. The van der Waals surface area contributed by atoms with Crippen molar-refractivity contribution in [2.24, 2.45) is 5.92 Å². The first-order chi connectivity index (χ1) is 7.49. The third kappa shape index (κ3) is 4.06. The van der Waals surface area contributed by atoms with Gasteiger partial charge in [0.15, 0.2) is 0 Å².